The number of carbonyl (C=O) groups excluding carboxylic acids is 1. The van der Waals surface area contributed by atoms with Crippen LogP contribution in [0.5, 0.6) is 5.75 Å². The van der Waals surface area contributed by atoms with Gasteiger partial charge in [0.25, 0.3) is 5.56 Å². The second kappa shape index (κ2) is 9.64. The van der Waals surface area contributed by atoms with Crippen LogP contribution in [0.15, 0.2) is 53.3 Å². The van der Waals surface area contributed by atoms with Gasteiger partial charge in [0.1, 0.15) is 12.3 Å². The number of rotatable bonds is 6. The molecule has 2 heterocycles. The Kier molecular flexibility index (Phi) is 6.50. The highest BCUT2D eigenvalue weighted by atomic mass is 16.5. The number of fused-ring (bicyclic) bond motifs is 1. The molecule has 1 aliphatic rings. The standard InChI is InChI=1S/C24H28N4O3/c1-2-31-19-13-11-18(12-14-19)25-22(29)17-28-24(30)21-10-6-5-9-20(21)23(26-28)27-15-7-3-4-8-16-27/h5-6,9-14H,2-4,7-8,15-17H2,1H3,(H,25,29). The third-order valence-corrected chi connectivity index (χ3v) is 5.50. The number of carbonyl (C=O) groups is 1. The number of hydrogen-bond acceptors (Lipinski definition) is 5. The lowest BCUT2D eigenvalue weighted by molar-refractivity contribution is -0.117. The van der Waals surface area contributed by atoms with E-state index in [4.69, 9.17) is 4.74 Å². The van der Waals surface area contributed by atoms with Crippen molar-refractivity contribution in [2.24, 2.45) is 0 Å². The minimum atomic E-state index is -0.296. The molecule has 0 atom stereocenters. The Morgan fingerprint density at radius 1 is 1.00 bits per heavy atom. The van der Waals surface area contributed by atoms with Crippen LogP contribution in [0.25, 0.3) is 10.8 Å². The van der Waals surface area contributed by atoms with Crippen molar-refractivity contribution in [3.05, 3.63) is 58.9 Å². The minimum absolute atomic E-state index is 0.141. The zero-order chi connectivity index (χ0) is 21.6. The molecule has 1 amide bonds. The highest BCUT2D eigenvalue weighted by Gasteiger charge is 2.18. The molecule has 1 aliphatic heterocycles. The van der Waals surface area contributed by atoms with E-state index in [0.717, 1.165) is 42.9 Å². The molecule has 3 aromatic rings. The second-order valence-electron chi connectivity index (χ2n) is 7.74. The SMILES string of the molecule is CCOc1ccc(NC(=O)Cn2nc(N3CCCCCC3)c3ccccc3c2=O)cc1. The number of benzene rings is 2. The molecule has 31 heavy (non-hydrogen) atoms. The molecule has 1 N–H and O–H groups in total. The molecule has 1 saturated heterocycles. The summed E-state index contributed by atoms with van der Waals surface area (Å²) in [5.74, 6) is 1.23. The average molecular weight is 421 g/mol. The number of anilines is 2. The number of nitrogens with zero attached hydrogens (tertiary/aromatic N) is 3. The fraction of sp³-hybridized carbons (Fsp3) is 0.375. The van der Waals surface area contributed by atoms with Gasteiger partial charge in [0.15, 0.2) is 5.82 Å². The van der Waals surface area contributed by atoms with E-state index in [0.29, 0.717) is 17.7 Å². The van der Waals surface area contributed by atoms with Gasteiger partial charge >= 0.3 is 0 Å². The van der Waals surface area contributed by atoms with Gasteiger partial charge in [-0.05, 0) is 50.1 Å². The van der Waals surface area contributed by atoms with Crippen molar-refractivity contribution in [3.63, 3.8) is 0 Å². The molecule has 1 aromatic heterocycles. The molecular formula is C24H28N4O3. The van der Waals surface area contributed by atoms with E-state index in [1.54, 1.807) is 24.3 Å². The van der Waals surface area contributed by atoms with Gasteiger partial charge in [0.2, 0.25) is 5.91 Å². The maximum Gasteiger partial charge on any atom is 0.275 e. The molecule has 4 rings (SSSR count). The normalized spacial score (nSPS) is 14.3. The first kappa shape index (κ1) is 20.9. The van der Waals surface area contributed by atoms with Crippen molar-refractivity contribution in [2.45, 2.75) is 39.2 Å². The Morgan fingerprint density at radius 2 is 1.68 bits per heavy atom. The molecule has 0 unspecified atom stereocenters. The van der Waals surface area contributed by atoms with Crippen LogP contribution in [0.2, 0.25) is 0 Å². The number of aromatic nitrogens is 2. The van der Waals surface area contributed by atoms with E-state index in [1.807, 2.05) is 31.2 Å². The molecule has 0 aliphatic carbocycles. The van der Waals surface area contributed by atoms with E-state index in [9.17, 15) is 9.59 Å². The van der Waals surface area contributed by atoms with Gasteiger partial charge in [-0.1, -0.05) is 31.0 Å². The predicted molar refractivity (Wildman–Crippen MR) is 123 cm³/mol. The fourth-order valence-corrected chi connectivity index (χ4v) is 3.98. The summed E-state index contributed by atoms with van der Waals surface area (Å²) in [6.45, 7) is 4.18. The summed E-state index contributed by atoms with van der Waals surface area (Å²) < 4.78 is 6.71. The van der Waals surface area contributed by atoms with Gasteiger partial charge < -0.3 is 15.0 Å². The zero-order valence-electron chi connectivity index (χ0n) is 17.8. The fourth-order valence-electron chi connectivity index (χ4n) is 3.98. The average Bonchev–Trinajstić information content (AvgIpc) is 3.07. The van der Waals surface area contributed by atoms with Crippen LogP contribution >= 0.6 is 0 Å². The van der Waals surface area contributed by atoms with Crippen molar-refractivity contribution in [3.8, 4) is 5.75 Å². The third-order valence-electron chi connectivity index (χ3n) is 5.50. The van der Waals surface area contributed by atoms with E-state index in [-0.39, 0.29) is 18.0 Å². The Hall–Kier alpha value is -3.35. The van der Waals surface area contributed by atoms with Crippen LogP contribution < -0.4 is 20.5 Å². The molecule has 0 radical (unpaired) electrons. The molecule has 2 aromatic carbocycles. The topological polar surface area (TPSA) is 76.5 Å². The lowest BCUT2D eigenvalue weighted by Crippen LogP contribution is -2.33. The molecule has 7 nitrogen and oxygen atoms in total. The van der Waals surface area contributed by atoms with Crippen LogP contribution in [0.4, 0.5) is 11.5 Å². The zero-order valence-corrected chi connectivity index (χ0v) is 17.8. The summed E-state index contributed by atoms with van der Waals surface area (Å²) in [7, 11) is 0. The van der Waals surface area contributed by atoms with Crippen LogP contribution in [0.1, 0.15) is 32.6 Å². The van der Waals surface area contributed by atoms with Crippen molar-refractivity contribution in [1.82, 2.24) is 9.78 Å². The Balaban J connectivity index is 1.60. The van der Waals surface area contributed by atoms with Crippen LogP contribution in [0, 0.1) is 0 Å². The van der Waals surface area contributed by atoms with Gasteiger partial charge in [-0.3, -0.25) is 9.59 Å². The quantitative estimate of drug-likeness (QED) is 0.656. The van der Waals surface area contributed by atoms with E-state index < -0.39 is 0 Å². The maximum atomic E-state index is 13.0. The first-order chi connectivity index (χ1) is 15.2. The van der Waals surface area contributed by atoms with Crippen molar-refractivity contribution in [1.29, 1.82) is 0 Å². The maximum absolute atomic E-state index is 13.0. The summed E-state index contributed by atoms with van der Waals surface area (Å²) in [5.41, 5.74) is 0.394. The summed E-state index contributed by atoms with van der Waals surface area (Å²) >= 11 is 0. The molecular weight excluding hydrogens is 392 g/mol. The van der Waals surface area contributed by atoms with Gasteiger partial charge in [-0.15, -0.1) is 0 Å². The molecule has 0 bridgehead atoms. The highest BCUT2D eigenvalue weighted by molar-refractivity contribution is 5.93. The first-order valence-electron chi connectivity index (χ1n) is 10.9. The van der Waals surface area contributed by atoms with E-state index in [2.05, 4.69) is 15.3 Å². The molecule has 7 heteroatoms. The Morgan fingerprint density at radius 3 is 2.35 bits per heavy atom. The summed E-state index contributed by atoms with van der Waals surface area (Å²) in [4.78, 5) is 27.9. The second-order valence-corrected chi connectivity index (χ2v) is 7.74. The lowest BCUT2D eigenvalue weighted by atomic mass is 10.1. The van der Waals surface area contributed by atoms with Crippen molar-refractivity contribution < 1.29 is 9.53 Å². The summed E-state index contributed by atoms with van der Waals surface area (Å²) in [6.07, 6.45) is 4.62. The third kappa shape index (κ3) is 4.87. The monoisotopic (exact) mass is 420 g/mol. The van der Waals surface area contributed by atoms with Gasteiger partial charge in [-0.25, -0.2) is 4.68 Å². The smallest absolute Gasteiger partial charge is 0.275 e. The molecule has 1 fully saturated rings. The molecule has 162 valence electrons. The molecule has 0 spiro atoms. The lowest BCUT2D eigenvalue weighted by Gasteiger charge is -2.23. The first-order valence-corrected chi connectivity index (χ1v) is 10.9. The van der Waals surface area contributed by atoms with Gasteiger partial charge in [0, 0.05) is 24.2 Å². The Labute approximate surface area is 181 Å². The summed E-state index contributed by atoms with van der Waals surface area (Å²) in [5, 5.41) is 8.90. The largest absolute Gasteiger partial charge is 0.494 e. The number of hydrogen-bond donors (Lipinski definition) is 1. The van der Waals surface area contributed by atoms with E-state index >= 15 is 0 Å². The number of ether oxygens (including phenoxy) is 1. The number of amides is 1. The van der Waals surface area contributed by atoms with E-state index in [1.165, 1.54) is 17.5 Å². The number of nitrogens with one attached hydrogen (secondary N) is 1. The predicted octanol–water partition coefficient (Wildman–Crippen LogP) is 3.81. The highest BCUT2D eigenvalue weighted by Crippen LogP contribution is 2.24. The van der Waals surface area contributed by atoms with Crippen molar-refractivity contribution >= 4 is 28.2 Å². The van der Waals surface area contributed by atoms with Crippen molar-refractivity contribution in [2.75, 3.05) is 29.9 Å². The van der Waals surface area contributed by atoms with Crippen LogP contribution in [-0.4, -0.2) is 35.4 Å². The Bertz CT molecular complexity index is 1100. The van der Waals surface area contributed by atoms with Gasteiger partial charge in [-0.2, -0.15) is 5.10 Å². The van der Waals surface area contributed by atoms with Crippen LogP contribution in [-0.2, 0) is 11.3 Å². The van der Waals surface area contributed by atoms with Gasteiger partial charge in [0.05, 0.1) is 12.0 Å². The molecule has 0 saturated carbocycles. The summed E-state index contributed by atoms with van der Waals surface area (Å²) in [6, 6.07) is 14.7. The minimum Gasteiger partial charge on any atom is -0.494 e. The van der Waals surface area contributed by atoms with Crippen LogP contribution in [0.3, 0.4) is 0 Å².